The van der Waals surface area contributed by atoms with Crippen molar-refractivity contribution in [2.24, 2.45) is 0 Å². The minimum absolute atomic E-state index is 0.0610. The summed E-state index contributed by atoms with van der Waals surface area (Å²) in [5, 5.41) is 14.3. The van der Waals surface area contributed by atoms with E-state index in [1.165, 1.54) is 11.8 Å². The van der Waals surface area contributed by atoms with Gasteiger partial charge in [0, 0.05) is 30.8 Å². The lowest BCUT2D eigenvalue weighted by molar-refractivity contribution is -0.127. The zero-order chi connectivity index (χ0) is 20.9. The molecule has 1 saturated heterocycles. The van der Waals surface area contributed by atoms with Crippen LogP contribution in [-0.2, 0) is 22.6 Å². The third-order valence-electron chi connectivity index (χ3n) is 4.98. The first-order valence-corrected chi connectivity index (χ1v) is 12.1. The predicted octanol–water partition coefficient (Wildman–Crippen LogP) is 4.59. The molecule has 1 amide bonds. The van der Waals surface area contributed by atoms with Gasteiger partial charge in [0.1, 0.15) is 0 Å². The monoisotopic (exact) mass is 462 g/mol. The highest BCUT2D eigenvalue weighted by Gasteiger charge is 2.22. The van der Waals surface area contributed by atoms with Crippen molar-refractivity contribution in [1.29, 1.82) is 0 Å². The van der Waals surface area contributed by atoms with E-state index in [0.29, 0.717) is 23.9 Å². The Bertz CT molecular complexity index is 970. The van der Waals surface area contributed by atoms with E-state index < -0.39 is 0 Å². The van der Waals surface area contributed by atoms with Gasteiger partial charge in [0.2, 0.25) is 5.91 Å². The molecule has 0 bridgehead atoms. The van der Waals surface area contributed by atoms with Gasteiger partial charge in [-0.05, 0) is 59.5 Å². The molecule has 1 aliphatic rings. The van der Waals surface area contributed by atoms with Crippen LogP contribution < -0.4 is 0 Å². The highest BCUT2D eigenvalue weighted by atomic mass is 35.5. The summed E-state index contributed by atoms with van der Waals surface area (Å²) < 4.78 is 7.90. The molecule has 30 heavy (non-hydrogen) atoms. The molecule has 1 fully saturated rings. The fourth-order valence-electron chi connectivity index (χ4n) is 3.35. The first-order valence-electron chi connectivity index (χ1n) is 9.79. The molecule has 158 valence electrons. The molecule has 2 aromatic heterocycles. The maximum Gasteiger partial charge on any atom is 0.233 e. The minimum atomic E-state index is 0.0610. The smallest absolute Gasteiger partial charge is 0.233 e. The summed E-state index contributed by atoms with van der Waals surface area (Å²) in [5.41, 5.74) is 2.09. The number of halogens is 1. The maximum absolute atomic E-state index is 12.6. The topological polar surface area (TPSA) is 60.2 Å². The number of nitrogens with zero attached hydrogens (tertiary/aromatic N) is 4. The van der Waals surface area contributed by atoms with Gasteiger partial charge in [0.25, 0.3) is 0 Å². The number of carbonyl (C=O) groups excluding carboxylic acids is 1. The van der Waals surface area contributed by atoms with Gasteiger partial charge in [0.05, 0.1) is 18.4 Å². The molecule has 3 aromatic rings. The van der Waals surface area contributed by atoms with Gasteiger partial charge in [-0.15, -0.1) is 10.2 Å². The van der Waals surface area contributed by atoms with Gasteiger partial charge < -0.3 is 9.64 Å². The van der Waals surface area contributed by atoms with Crippen LogP contribution in [0.15, 0.2) is 46.2 Å². The molecule has 6 nitrogen and oxygen atoms in total. The van der Waals surface area contributed by atoms with Gasteiger partial charge in [-0.1, -0.05) is 23.4 Å². The van der Waals surface area contributed by atoms with Crippen LogP contribution in [0.5, 0.6) is 0 Å². The summed E-state index contributed by atoms with van der Waals surface area (Å²) in [6.45, 7) is 2.07. The molecule has 0 spiro atoms. The van der Waals surface area contributed by atoms with Crippen LogP contribution in [0.25, 0.3) is 11.4 Å². The van der Waals surface area contributed by atoms with Crippen molar-refractivity contribution in [3.05, 3.63) is 51.7 Å². The van der Waals surface area contributed by atoms with E-state index in [1.54, 1.807) is 16.2 Å². The molecule has 0 unspecified atom stereocenters. The molecule has 4 rings (SSSR count). The van der Waals surface area contributed by atoms with Gasteiger partial charge in [-0.2, -0.15) is 11.3 Å². The third kappa shape index (κ3) is 5.24. The van der Waals surface area contributed by atoms with Crippen LogP contribution >= 0.6 is 34.7 Å². The Morgan fingerprint density at radius 3 is 2.87 bits per heavy atom. The lowest BCUT2D eigenvalue weighted by Gasteiger charge is -2.17. The number of benzene rings is 1. The molecule has 0 N–H and O–H groups in total. The largest absolute Gasteiger partial charge is 0.376 e. The maximum atomic E-state index is 12.6. The summed E-state index contributed by atoms with van der Waals surface area (Å²) in [5.74, 6) is 1.14. The number of thiophene rings is 1. The first-order chi connectivity index (χ1) is 14.6. The van der Waals surface area contributed by atoms with Crippen LogP contribution in [-0.4, -0.2) is 51.1 Å². The lowest BCUT2D eigenvalue weighted by atomic mass is 10.2. The summed E-state index contributed by atoms with van der Waals surface area (Å²) in [6, 6.07) is 9.60. The molecule has 3 heterocycles. The Balaban J connectivity index is 1.48. The number of rotatable bonds is 8. The first kappa shape index (κ1) is 21.4. The highest BCUT2D eigenvalue weighted by molar-refractivity contribution is 7.99. The number of carbonyl (C=O) groups is 1. The quantitative estimate of drug-likeness (QED) is 0.458. The number of aromatic nitrogens is 3. The van der Waals surface area contributed by atoms with Crippen molar-refractivity contribution in [3.63, 3.8) is 0 Å². The average molecular weight is 463 g/mol. The molecule has 0 radical (unpaired) electrons. The molecule has 1 aliphatic heterocycles. The van der Waals surface area contributed by atoms with E-state index >= 15 is 0 Å². The number of thioether (sulfide) groups is 1. The predicted molar refractivity (Wildman–Crippen MR) is 121 cm³/mol. The second-order valence-corrected chi connectivity index (χ2v) is 9.39. The summed E-state index contributed by atoms with van der Waals surface area (Å²) in [4.78, 5) is 14.4. The second-order valence-electron chi connectivity index (χ2n) is 7.23. The van der Waals surface area contributed by atoms with E-state index in [4.69, 9.17) is 16.3 Å². The zero-order valence-electron chi connectivity index (χ0n) is 16.7. The fourth-order valence-corrected chi connectivity index (χ4v) is 5.02. The van der Waals surface area contributed by atoms with Gasteiger partial charge in [-0.3, -0.25) is 9.36 Å². The lowest BCUT2D eigenvalue weighted by Crippen LogP contribution is -2.27. The number of hydrogen-bond acceptors (Lipinski definition) is 6. The van der Waals surface area contributed by atoms with Gasteiger partial charge in [0.15, 0.2) is 11.0 Å². The van der Waals surface area contributed by atoms with Crippen LogP contribution in [0.2, 0.25) is 5.02 Å². The molecule has 0 saturated carbocycles. The molecule has 1 atom stereocenters. The minimum Gasteiger partial charge on any atom is -0.376 e. The van der Waals surface area contributed by atoms with E-state index in [9.17, 15) is 4.79 Å². The Morgan fingerprint density at radius 1 is 1.33 bits per heavy atom. The SMILES string of the molecule is CN(Cc1ccsc1)C(=O)CSc1nnc(-c2ccc(Cl)cc2)n1C[C@@H]1CCCO1. The Kier molecular flexibility index (Phi) is 7.09. The molecule has 1 aromatic carbocycles. The van der Waals surface area contributed by atoms with Crippen LogP contribution in [0.1, 0.15) is 18.4 Å². The normalized spacial score (nSPS) is 16.1. The zero-order valence-corrected chi connectivity index (χ0v) is 19.1. The summed E-state index contributed by atoms with van der Waals surface area (Å²) >= 11 is 9.09. The standard InChI is InChI=1S/C21H23ClN4O2S2/c1-25(11-15-8-10-29-13-15)19(27)14-30-21-24-23-20(16-4-6-17(22)7-5-16)26(21)12-18-3-2-9-28-18/h4-8,10,13,18H,2-3,9,11-12,14H2,1H3/t18-/m0/s1. The van der Waals surface area contributed by atoms with Crippen molar-refractivity contribution >= 4 is 40.6 Å². The second kappa shape index (κ2) is 9.96. The molecule has 9 heteroatoms. The fraction of sp³-hybridized carbons (Fsp3) is 0.381. The van der Waals surface area contributed by atoms with E-state index in [0.717, 1.165) is 41.6 Å². The summed E-state index contributed by atoms with van der Waals surface area (Å²) in [7, 11) is 1.83. The Morgan fingerprint density at radius 2 is 2.17 bits per heavy atom. The Hall–Kier alpha value is -1.87. The van der Waals surface area contributed by atoms with Crippen molar-refractivity contribution in [1.82, 2.24) is 19.7 Å². The van der Waals surface area contributed by atoms with E-state index in [-0.39, 0.29) is 12.0 Å². The number of ether oxygens (including phenoxy) is 1. The van der Waals surface area contributed by atoms with Crippen molar-refractivity contribution in [3.8, 4) is 11.4 Å². The highest BCUT2D eigenvalue weighted by Crippen LogP contribution is 2.27. The van der Waals surface area contributed by atoms with Crippen LogP contribution in [0.4, 0.5) is 0 Å². The average Bonchev–Trinajstić information content (AvgIpc) is 3.50. The third-order valence-corrected chi connectivity index (χ3v) is 6.92. The van der Waals surface area contributed by atoms with E-state index in [2.05, 4.69) is 20.1 Å². The van der Waals surface area contributed by atoms with Gasteiger partial charge >= 0.3 is 0 Å². The van der Waals surface area contributed by atoms with Gasteiger partial charge in [-0.25, -0.2) is 0 Å². The number of amides is 1. The van der Waals surface area contributed by atoms with Crippen molar-refractivity contribution in [2.45, 2.75) is 37.2 Å². The van der Waals surface area contributed by atoms with Crippen molar-refractivity contribution < 1.29 is 9.53 Å². The molecule has 0 aliphatic carbocycles. The molecular weight excluding hydrogens is 440 g/mol. The van der Waals surface area contributed by atoms with Crippen LogP contribution in [0.3, 0.4) is 0 Å². The Labute approximate surface area is 189 Å². The number of hydrogen-bond donors (Lipinski definition) is 0. The van der Waals surface area contributed by atoms with Crippen LogP contribution in [0, 0.1) is 0 Å². The van der Waals surface area contributed by atoms with E-state index in [1.807, 2.05) is 42.8 Å². The summed E-state index contributed by atoms with van der Waals surface area (Å²) in [6.07, 6.45) is 2.23. The van der Waals surface area contributed by atoms with Crippen molar-refractivity contribution in [2.75, 3.05) is 19.4 Å². The molecular formula is C21H23ClN4O2S2.